The minimum absolute atomic E-state index is 0.124. The summed E-state index contributed by atoms with van der Waals surface area (Å²) in [5, 5.41) is 0. The van der Waals surface area contributed by atoms with Crippen LogP contribution < -0.4 is 0 Å². The van der Waals surface area contributed by atoms with Crippen LogP contribution in [-0.4, -0.2) is 35.3 Å². The van der Waals surface area contributed by atoms with Gasteiger partial charge in [-0.15, -0.1) is 0 Å². The Morgan fingerprint density at radius 3 is 2.94 bits per heavy atom. The number of hydrogen-bond donors (Lipinski definition) is 0. The van der Waals surface area contributed by atoms with Crippen LogP contribution in [0, 0.1) is 0 Å². The standard InChI is InChI=1S/C12H18N2O2/c1-10(15)8-11-9-16-12(13-11)4-7-14-5-2-3-6-14/h9H,2-8H2,1H3. The van der Waals surface area contributed by atoms with Crippen LogP contribution in [0.1, 0.15) is 31.4 Å². The number of carbonyl (C=O) groups is 1. The van der Waals surface area contributed by atoms with Crippen LogP contribution in [0.3, 0.4) is 0 Å². The average Bonchev–Trinajstić information content (AvgIpc) is 2.84. The molecular formula is C12H18N2O2. The van der Waals surface area contributed by atoms with Crippen molar-refractivity contribution in [3.05, 3.63) is 17.8 Å². The highest BCUT2D eigenvalue weighted by molar-refractivity contribution is 5.77. The van der Waals surface area contributed by atoms with Gasteiger partial charge in [-0.25, -0.2) is 4.98 Å². The smallest absolute Gasteiger partial charge is 0.195 e. The minimum Gasteiger partial charge on any atom is -0.449 e. The second-order valence-corrected chi connectivity index (χ2v) is 4.41. The predicted molar refractivity (Wildman–Crippen MR) is 60.3 cm³/mol. The molecule has 4 heteroatoms. The van der Waals surface area contributed by atoms with Crippen molar-refractivity contribution in [2.24, 2.45) is 0 Å². The molecule has 0 radical (unpaired) electrons. The van der Waals surface area contributed by atoms with E-state index in [1.807, 2.05) is 0 Å². The molecule has 0 amide bonds. The van der Waals surface area contributed by atoms with E-state index in [4.69, 9.17) is 4.42 Å². The van der Waals surface area contributed by atoms with Gasteiger partial charge in [-0.3, -0.25) is 4.79 Å². The summed E-state index contributed by atoms with van der Waals surface area (Å²) in [5.74, 6) is 0.877. The van der Waals surface area contributed by atoms with Gasteiger partial charge < -0.3 is 9.32 Å². The lowest BCUT2D eigenvalue weighted by Crippen LogP contribution is -2.22. The van der Waals surface area contributed by atoms with Gasteiger partial charge in [0.15, 0.2) is 5.89 Å². The predicted octanol–water partition coefficient (Wildman–Crippen LogP) is 1.44. The molecule has 0 bridgehead atoms. The molecule has 0 unspecified atom stereocenters. The number of likely N-dealkylation sites (tertiary alicyclic amines) is 1. The monoisotopic (exact) mass is 222 g/mol. The molecule has 0 N–H and O–H groups in total. The molecule has 0 saturated carbocycles. The molecule has 0 aliphatic carbocycles. The molecule has 1 aliphatic rings. The van der Waals surface area contributed by atoms with Crippen LogP contribution >= 0.6 is 0 Å². The Bertz CT molecular complexity index is 354. The molecular weight excluding hydrogens is 204 g/mol. The molecule has 2 rings (SSSR count). The van der Waals surface area contributed by atoms with E-state index in [1.54, 1.807) is 13.2 Å². The minimum atomic E-state index is 0.124. The number of rotatable bonds is 5. The average molecular weight is 222 g/mol. The Balaban J connectivity index is 1.80. The molecule has 1 fully saturated rings. The highest BCUT2D eigenvalue weighted by Crippen LogP contribution is 2.09. The van der Waals surface area contributed by atoms with E-state index in [2.05, 4.69) is 9.88 Å². The van der Waals surface area contributed by atoms with Gasteiger partial charge in [-0.1, -0.05) is 0 Å². The molecule has 1 aromatic heterocycles. The third kappa shape index (κ3) is 3.17. The van der Waals surface area contributed by atoms with Crippen LogP contribution in [0.4, 0.5) is 0 Å². The second kappa shape index (κ2) is 5.25. The van der Waals surface area contributed by atoms with E-state index >= 15 is 0 Å². The first-order valence-electron chi connectivity index (χ1n) is 5.89. The van der Waals surface area contributed by atoms with Crippen molar-refractivity contribution in [2.75, 3.05) is 19.6 Å². The quantitative estimate of drug-likeness (QED) is 0.756. The molecule has 16 heavy (non-hydrogen) atoms. The molecule has 2 heterocycles. The first-order valence-corrected chi connectivity index (χ1v) is 5.89. The fourth-order valence-corrected chi connectivity index (χ4v) is 2.06. The molecule has 1 saturated heterocycles. The number of hydrogen-bond acceptors (Lipinski definition) is 4. The van der Waals surface area contributed by atoms with Crippen LogP contribution in [0.5, 0.6) is 0 Å². The van der Waals surface area contributed by atoms with E-state index in [1.165, 1.54) is 25.9 Å². The lowest BCUT2D eigenvalue weighted by molar-refractivity contribution is -0.116. The summed E-state index contributed by atoms with van der Waals surface area (Å²) >= 11 is 0. The fraction of sp³-hybridized carbons (Fsp3) is 0.667. The number of ketones is 1. The molecule has 0 atom stereocenters. The summed E-state index contributed by atoms with van der Waals surface area (Å²) < 4.78 is 5.34. The molecule has 1 aromatic rings. The summed E-state index contributed by atoms with van der Waals surface area (Å²) in [6.07, 6.45) is 5.44. The summed E-state index contributed by atoms with van der Waals surface area (Å²) in [4.78, 5) is 17.6. The van der Waals surface area contributed by atoms with E-state index in [-0.39, 0.29) is 5.78 Å². The summed E-state index contributed by atoms with van der Waals surface area (Å²) in [6, 6.07) is 0. The zero-order chi connectivity index (χ0) is 11.4. The summed E-state index contributed by atoms with van der Waals surface area (Å²) in [6.45, 7) is 4.97. The number of carbonyl (C=O) groups excluding carboxylic acids is 1. The van der Waals surface area contributed by atoms with Gasteiger partial charge in [-0.2, -0.15) is 0 Å². The van der Waals surface area contributed by atoms with E-state index < -0.39 is 0 Å². The van der Waals surface area contributed by atoms with Crippen LogP contribution in [-0.2, 0) is 17.6 Å². The summed E-state index contributed by atoms with van der Waals surface area (Å²) in [7, 11) is 0. The van der Waals surface area contributed by atoms with Crippen LogP contribution in [0.2, 0.25) is 0 Å². The van der Waals surface area contributed by atoms with Gasteiger partial charge in [0.1, 0.15) is 12.0 Å². The molecule has 4 nitrogen and oxygen atoms in total. The van der Waals surface area contributed by atoms with Gasteiger partial charge >= 0.3 is 0 Å². The van der Waals surface area contributed by atoms with E-state index in [9.17, 15) is 4.79 Å². The fourth-order valence-electron chi connectivity index (χ4n) is 2.06. The maximum absolute atomic E-state index is 10.9. The zero-order valence-electron chi connectivity index (χ0n) is 9.74. The van der Waals surface area contributed by atoms with E-state index in [0.29, 0.717) is 6.42 Å². The first kappa shape index (κ1) is 11.3. The number of nitrogens with zero attached hydrogens (tertiary/aromatic N) is 2. The SMILES string of the molecule is CC(=O)Cc1coc(CCN2CCCC2)n1. The molecule has 0 spiro atoms. The third-order valence-corrected chi connectivity index (χ3v) is 2.87. The zero-order valence-corrected chi connectivity index (χ0v) is 9.74. The van der Waals surface area contributed by atoms with Crippen molar-refractivity contribution in [3.63, 3.8) is 0 Å². The van der Waals surface area contributed by atoms with Crippen molar-refractivity contribution in [1.82, 2.24) is 9.88 Å². The highest BCUT2D eigenvalue weighted by atomic mass is 16.3. The number of aromatic nitrogens is 1. The first-order chi connectivity index (χ1) is 7.74. The maximum Gasteiger partial charge on any atom is 0.195 e. The van der Waals surface area contributed by atoms with Crippen LogP contribution in [0.25, 0.3) is 0 Å². The van der Waals surface area contributed by atoms with Gasteiger partial charge in [0.2, 0.25) is 0 Å². The van der Waals surface area contributed by atoms with Crippen molar-refractivity contribution < 1.29 is 9.21 Å². The van der Waals surface area contributed by atoms with Crippen molar-refractivity contribution in [3.8, 4) is 0 Å². The Morgan fingerprint density at radius 1 is 1.50 bits per heavy atom. The lowest BCUT2D eigenvalue weighted by Gasteiger charge is -2.12. The normalized spacial score (nSPS) is 16.8. The Hall–Kier alpha value is -1.16. The van der Waals surface area contributed by atoms with Gasteiger partial charge in [0.25, 0.3) is 0 Å². The largest absolute Gasteiger partial charge is 0.449 e. The highest BCUT2D eigenvalue weighted by Gasteiger charge is 2.12. The van der Waals surface area contributed by atoms with Crippen molar-refractivity contribution >= 4 is 5.78 Å². The van der Waals surface area contributed by atoms with Crippen LogP contribution in [0.15, 0.2) is 10.7 Å². The van der Waals surface area contributed by atoms with Gasteiger partial charge in [0.05, 0.1) is 12.1 Å². The van der Waals surface area contributed by atoms with Gasteiger partial charge in [0, 0.05) is 13.0 Å². The molecule has 88 valence electrons. The van der Waals surface area contributed by atoms with Gasteiger partial charge in [-0.05, 0) is 32.9 Å². The van der Waals surface area contributed by atoms with Crippen molar-refractivity contribution in [2.45, 2.75) is 32.6 Å². The Kier molecular flexibility index (Phi) is 3.72. The second-order valence-electron chi connectivity index (χ2n) is 4.41. The number of oxazole rings is 1. The number of Topliss-reactive ketones (excluding diaryl/α,β-unsaturated/α-hetero) is 1. The third-order valence-electron chi connectivity index (χ3n) is 2.87. The van der Waals surface area contributed by atoms with Crippen molar-refractivity contribution in [1.29, 1.82) is 0 Å². The summed E-state index contributed by atoms with van der Waals surface area (Å²) in [5.41, 5.74) is 0.754. The van der Waals surface area contributed by atoms with E-state index in [0.717, 1.165) is 24.6 Å². The molecule has 1 aliphatic heterocycles. The topological polar surface area (TPSA) is 46.3 Å². The Labute approximate surface area is 95.6 Å². The Morgan fingerprint density at radius 2 is 2.25 bits per heavy atom. The molecule has 0 aromatic carbocycles. The maximum atomic E-state index is 10.9. The lowest BCUT2D eigenvalue weighted by atomic mass is 10.2.